The van der Waals surface area contributed by atoms with Crippen LogP contribution in [0.15, 0.2) is 30.7 Å². The van der Waals surface area contributed by atoms with Gasteiger partial charge in [0.1, 0.15) is 11.9 Å². The van der Waals surface area contributed by atoms with E-state index in [0.29, 0.717) is 41.0 Å². The molecule has 1 unspecified atom stereocenters. The van der Waals surface area contributed by atoms with Crippen LogP contribution < -0.4 is 10.6 Å². The Kier molecular flexibility index (Phi) is 8.94. The number of ether oxygens (including phenoxy) is 1. The molecule has 1 aliphatic carbocycles. The van der Waals surface area contributed by atoms with Crippen LogP contribution in [0.25, 0.3) is 17.0 Å². The quantitative estimate of drug-likeness (QED) is 0.412. The first-order chi connectivity index (χ1) is 17.7. The highest BCUT2D eigenvalue weighted by Gasteiger charge is 2.27. The largest absolute Gasteiger partial charge is 0.387 e. The van der Waals surface area contributed by atoms with Crippen molar-refractivity contribution in [2.45, 2.75) is 70.2 Å². The van der Waals surface area contributed by atoms with E-state index < -0.39 is 17.7 Å². The minimum Gasteiger partial charge on any atom is -0.387 e. The van der Waals surface area contributed by atoms with E-state index >= 15 is 0 Å². The smallest absolute Gasteiger partial charge is 0.255 e. The van der Waals surface area contributed by atoms with Crippen LogP contribution in [-0.2, 0) is 4.74 Å². The van der Waals surface area contributed by atoms with Crippen LogP contribution in [-0.4, -0.2) is 68.2 Å². The number of amides is 1. The molecule has 37 heavy (non-hydrogen) atoms. The van der Waals surface area contributed by atoms with E-state index in [1.807, 2.05) is 0 Å². The SMILES string of the molecule is C1CCC1.CC(C)(O)C(F)CNC(=O)c1cnc(-c2cnc3cc(Cl)cnn23)cc1NC1CCOCC1. The van der Waals surface area contributed by atoms with Crippen molar-refractivity contribution >= 4 is 28.8 Å². The number of pyridine rings is 1. The lowest BCUT2D eigenvalue weighted by Gasteiger charge is -2.26. The average Bonchev–Trinajstić information content (AvgIpc) is 3.24. The van der Waals surface area contributed by atoms with Gasteiger partial charge in [0.2, 0.25) is 0 Å². The molecule has 1 saturated carbocycles. The number of aromatic nitrogens is 4. The number of carbonyl (C=O) groups is 1. The molecule has 2 aliphatic rings. The predicted octanol–water partition coefficient (Wildman–Crippen LogP) is 4.43. The highest BCUT2D eigenvalue weighted by molar-refractivity contribution is 6.30. The molecule has 0 radical (unpaired) electrons. The van der Waals surface area contributed by atoms with Crippen molar-refractivity contribution < 1.29 is 19.0 Å². The third-order valence-electron chi connectivity index (χ3n) is 6.53. The van der Waals surface area contributed by atoms with Gasteiger partial charge in [0.25, 0.3) is 5.91 Å². The van der Waals surface area contributed by atoms with Gasteiger partial charge in [0.15, 0.2) is 5.65 Å². The molecular weight excluding hydrogens is 499 g/mol. The molecule has 200 valence electrons. The highest BCUT2D eigenvalue weighted by Crippen LogP contribution is 2.26. The fourth-order valence-corrected chi connectivity index (χ4v) is 3.90. The number of hydrogen-bond donors (Lipinski definition) is 3. The Hall–Kier alpha value is -2.82. The lowest BCUT2D eigenvalue weighted by atomic mass is 10.0. The zero-order valence-corrected chi connectivity index (χ0v) is 22.0. The summed E-state index contributed by atoms with van der Waals surface area (Å²) >= 11 is 6.00. The molecule has 3 aromatic rings. The molecule has 1 atom stereocenters. The number of fused-ring (bicyclic) bond motifs is 1. The minimum absolute atomic E-state index is 0.116. The van der Waals surface area contributed by atoms with Gasteiger partial charge < -0.3 is 20.5 Å². The van der Waals surface area contributed by atoms with Crippen LogP contribution in [0.2, 0.25) is 5.02 Å². The Morgan fingerprint density at radius 1 is 1.19 bits per heavy atom. The van der Waals surface area contributed by atoms with Crippen molar-refractivity contribution in [3.05, 3.63) is 41.3 Å². The summed E-state index contributed by atoms with van der Waals surface area (Å²) in [5.41, 5.74) is 1.04. The molecular formula is C26H34ClFN6O3. The van der Waals surface area contributed by atoms with Gasteiger partial charge >= 0.3 is 0 Å². The second-order valence-electron chi connectivity index (χ2n) is 9.98. The predicted molar refractivity (Wildman–Crippen MR) is 141 cm³/mol. The Morgan fingerprint density at radius 3 is 2.54 bits per heavy atom. The molecule has 1 amide bonds. The van der Waals surface area contributed by atoms with Crippen LogP contribution >= 0.6 is 11.6 Å². The summed E-state index contributed by atoms with van der Waals surface area (Å²) in [4.78, 5) is 21.6. The number of rotatable bonds is 7. The third kappa shape index (κ3) is 7.15. The lowest BCUT2D eigenvalue weighted by molar-refractivity contribution is -0.00177. The highest BCUT2D eigenvalue weighted by atomic mass is 35.5. The molecule has 0 spiro atoms. The monoisotopic (exact) mass is 532 g/mol. The number of alkyl halides is 1. The molecule has 1 aliphatic heterocycles. The molecule has 4 heterocycles. The molecule has 1 saturated heterocycles. The van der Waals surface area contributed by atoms with Crippen LogP contribution in [0.4, 0.5) is 10.1 Å². The second-order valence-corrected chi connectivity index (χ2v) is 10.4. The van der Waals surface area contributed by atoms with Crippen molar-refractivity contribution in [2.75, 3.05) is 25.1 Å². The zero-order valence-electron chi connectivity index (χ0n) is 21.2. The van der Waals surface area contributed by atoms with Crippen molar-refractivity contribution in [3.63, 3.8) is 0 Å². The number of halogens is 2. The number of imidazole rings is 1. The standard InChI is InChI=1S/C22H26ClFN6O3.C4H8/c1-22(2,32)19(24)12-27-21(31)15-10-25-17(8-16(15)29-14-3-5-33-6-4-14)18-11-26-20-7-13(23)9-28-30(18)20;1-2-4-3-1/h7-11,14,19,32H,3-6,12H2,1-2H3,(H,25,29)(H,27,31);1-4H2. The molecule has 0 aromatic carbocycles. The summed E-state index contributed by atoms with van der Waals surface area (Å²) in [6.45, 7) is 3.65. The van der Waals surface area contributed by atoms with Gasteiger partial charge in [-0.1, -0.05) is 37.3 Å². The maximum absolute atomic E-state index is 14.1. The Labute approximate surface area is 220 Å². The fraction of sp³-hybridized carbons (Fsp3) is 0.538. The molecule has 0 bridgehead atoms. The number of aliphatic hydroxyl groups is 1. The summed E-state index contributed by atoms with van der Waals surface area (Å²) in [7, 11) is 0. The van der Waals surface area contributed by atoms with E-state index in [4.69, 9.17) is 16.3 Å². The van der Waals surface area contributed by atoms with Crippen molar-refractivity contribution in [3.8, 4) is 11.4 Å². The Bertz CT molecular complexity index is 1200. The van der Waals surface area contributed by atoms with Crippen molar-refractivity contribution in [2.24, 2.45) is 0 Å². The Balaban J connectivity index is 0.000000730. The number of nitrogens with one attached hydrogen (secondary N) is 2. The molecule has 3 N–H and O–H groups in total. The van der Waals surface area contributed by atoms with E-state index in [1.54, 1.807) is 22.8 Å². The van der Waals surface area contributed by atoms with E-state index in [2.05, 4.69) is 25.7 Å². The number of anilines is 1. The molecule has 11 heteroatoms. The zero-order chi connectivity index (χ0) is 26.4. The first-order valence-electron chi connectivity index (χ1n) is 12.7. The van der Waals surface area contributed by atoms with E-state index in [0.717, 1.165) is 12.8 Å². The van der Waals surface area contributed by atoms with Gasteiger partial charge in [-0.25, -0.2) is 13.9 Å². The first kappa shape index (κ1) is 27.2. The normalized spacial score (nSPS) is 16.9. The second kappa shape index (κ2) is 12.1. The minimum atomic E-state index is -1.61. The number of carbonyl (C=O) groups excluding carboxylic acids is 1. The van der Waals surface area contributed by atoms with E-state index in [1.165, 1.54) is 51.9 Å². The third-order valence-corrected chi connectivity index (χ3v) is 6.73. The van der Waals surface area contributed by atoms with Gasteiger partial charge in [0.05, 0.1) is 46.5 Å². The van der Waals surface area contributed by atoms with E-state index in [-0.39, 0.29) is 18.2 Å². The summed E-state index contributed by atoms with van der Waals surface area (Å²) in [5.74, 6) is -0.487. The lowest BCUT2D eigenvalue weighted by Crippen LogP contribution is -2.42. The molecule has 5 rings (SSSR count). The summed E-state index contributed by atoms with van der Waals surface area (Å²) < 4.78 is 21.2. The molecule has 2 fully saturated rings. The average molecular weight is 533 g/mol. The summed E-state index contributed by atoms with van der Waals surface area (Å²) in [6, 6.07) is 3.56. The number of hydrogen-bond acceptors (Lipinski definition) is 7. The first-order valence-corrected chi connectivity index (χ1v) is 13.1. The van der Waals surface area contributed by atoms with Gasteiger partial charge in [-0.3, -0.25) is 9.78 Å². The summed E-state index contributed by atoms with van der Waals surface area (Å²) in [5, 5.41) is 20.5. The van der Waals surface area contributed by atoms with Gasteiger partial charge in [0, 0.05) is 31.5 Å². The van der Waals surface area contributed by atoms with Crippen LogP contribution in [0.3, 0.4) is 0 Å². The maximum atomic E-state index is 14.1. The van der Waals surface area contributed by atoms with Crippen molar-refractivity contribution in [1.29, 1.82) is 0 Å². The van der Waals surface area contributed by atoms with Gasteiger partial charge in [-0.2, -0.15) is 5.10 Å². The van der Waals surface area contributed by atoms with Crippen molar-refractivity contribution in [1.82, 2.24) is 24.9 Å². The fourth-order valence-electron chi connectivity index (χ4n) is 3.76. The van der Waals surface area contributed by atoms with Crippen LogP contribution in [0.5, 0.6) is 0 Å². The molecule has 9 nitrogen and oxygen atoms in total. The van der Waals surface area contributed by atoms with Gasteiger partial charge in [-0.15, -0.1) is 0 Å². The molecule has 3 aromatic heterocycles. The number of nitrogens with zero attached hydrogens (tertiary/aromatic N) is 4. The van der Waals surface area contributed by atoms with Crippen LogP contribution in [0, 0.1) is 0 Å². The van der Waals surface area contributed by atoms with E-state index in [9.17, 15) is 14.3 Å². The Morgan fingerprint density at radius 2 is 1.89 bits per heavy atom. The summed E-state index contributed by atoms with van der Waals surface area (Å²) in [6.07, 6.45) is 10.6. The van der Waals surface area contributed by atoms with Crippen LogP contribution in [0.1, 0.15) is 62.7 Å². The van der Waals surface area contributed by atoms with Gasteiger partial charge in [-0.05, 0) is 32.8 Å². The maximum Gasteiger partial charge on any atom is 0.255 e. The topological polar surface area (TPSA) is 114 Å².